The molecule has 0 aliphatic heterocycles. The number of amides is 1. The average Bonchev–Trinajstić information content (AvgIpc) is 2.74. The van der Waals surface area contributed by atoms with E-state index in [9.17, 15) is 9.90 Å². The number of carbonyl (C=O) groups is 1. The second kappa shape index (κ2) is 15.3. The number of aliphatic hydroxyl groups is 1. The summed E-state index contributed by atoms with van der Waals surface area (Å²) in [6.45, 7) is 7.64. The van der Waals surface area contributed by atoms with Crippen LogP contribution in [-0.2, 0) is 27.1 Å². The van der Waals surface area contributed by atoms with Crippen LogP contribution in [0.1, 0.15) is 83.8 Å². The van der Waals surface area contributed by atoms with Gasteiger partial charge in [-0.05, 0) is 57.6 Å². The van der Waals surface area contributed by atoms with Crippen LogP contribution in [0.5, 0.6) is 0 Å². The van der Waals surface area contributed by atoms with Crippen molar-refractivity contribution in [2.75, 3.05) is 27.1 Å². The molecule has 1 atom stereocenters. The van der Waals surface area contributed by atoms with Crippen LogP contribution in [-0.4, -0.2) is 49.5 Å². The molecule has 0 saturated carbocycles. The molecule has 0 heterocycles. The van der Waals surface area contributed by atoms with Crippen molar-refractivity contribution >= 4 is 6.09 Å². The van der Waals surface area contributed by atoms with Gasteiger partial charge in [0.05, 0.1) is 18.8 Å². The number of methoxy groups -OCH3 is 1. The van der Waals surface area contributed by atoms with Gasteiger partial charge >= 0.3 is 6.09 Å². The maximum Gasteiger partial charge on any atom is 0.408 e. The number of hydrogen-bond acceptors (Lipinski definition) is 5. The van der Waals surface area contributed by atoms with Crippen LogP contribution in [0.2, 0.25) is 0 Å². The van der Waals surface area contributed by atoms with E-state index in [0.717, 1.165) is 12.8 Å². The number of hydrogen-bond donors (Lipinski definition) is 2. The fourth-order valence-electron chi connectivity index (χ4n) is 3.69. The summed E-state index contributed by atoms with van der Waals surface area (Å²) in [5.41, 5.74) is 1.01. The van der Waals surface area contributed by atoms with E-state index < -0.39 is 17.2 Å². The lowest BCUT2D eigenvalue weighted by molar-refractivity contribution is -0.0645. The molecule has 0 radical (unpaired) electrons. The van der Waals surface area contributed by atoms with E-state index in [-0.39, 0.29) is 20.0 Å². The molecular formula is C26H45NO5. The van der Waals surface area contributed by atoms with Crippen LogP contribution in [0.25, 0.3) is 0 Å². The number of carbonyl (C=O) groups excluding carboxylic acids is 1. The molecule has 1 amide bonds. The quantitative estimate of drug-likeness (QED) is 0.260. The highest BCUT2D eigenvalue weighted by Crippen LogP contribution is 2.21. The predicted octanol–water partition coefficient (Wildman–Crippen LogP) is 5.40. The van der Waals surface area contributed by atoms with E-state index in [0.29, 0.717) is 6.42 Å². The summed E-state index contributed by atoms with van der Waals surface area (Å²) in [5.74, 6) is 0. The first-order valence-electron chi connectivity index (χ1n) is 12.0. The molecule has 6 heteroatoms. The fourth-order valence-corrected chi connectivity index (χ4v) is 3.69. The molecule has 184 valence electrons. The Balaban J connectivity index is 2.80. The Labute approximate surface area is 195 Å². The monoisotopic (exact) mass is 451 g/mol. The summed E-state index contributed by atoms with van der Waals surface area (Å²) in [6.07, 6.45) is 9.35. The smallest absolute Gasteiger partial charge is 0.408 e. The van der Waals surface area contributed by atoms with Gasteiger partial charge in [-0.3, -0.25) is 0 Å². The van der Waals surface area contributed by atoms with Gasteiger partial charge in [0.15, 0.2) is 0 Å². The van der Waals surface area contributed by atoms with Gasteiger partial charge in [-0.2, -0.15) is 0 Å². The van der Waals surface area contributed by atoms with E-state index in [2.05, 4.69) is 30.4 Å². The minimum Gasteiger partial charge on any atom is -0.444 e. The number of ether oxygens (including phenoxy) is 3. The van der Waals surface area contributed by atoms with Crippen LogP contribution < -0.4 is 5.32 Å². The average molecular weight is 452 g/mol. The van der Waals surface area contributed by atoms with Gasteiger partial charge in [0.1, 0.15) is 12.4 Å². The van der Waals surface area contributed by atoms with E-state index >= 15 is 0 Å². The zero-order valence-corrected chi connectivity index (χ0v) is 20.9. The van der Waals surface area contributed by atoms with Gasteiger partial charge in [-0.1, -0.05) is 63.3 Å². The minimum atomic E-state index is -0.950. The van der Waals surface area contributed by atoms with Crippen molar-refractivity contribution in [2.45, 2.75) is 96.6 Å². The van der Waals surface area contributed by atoms with Crippen molar-refractivity contribution in [2.24, 2.45) is 0 Å². The molecular weight excluding hydrogens is 406 g/mol. The number of aliphatic hydroxyl groups excluding tert-OH is 1. The van der Waals surface area contributed by atoms with Crippen LogP contribution in [0.15, 0.2) is 24.3 Å². The molecule has 0 fully saturated rings. The van der Waals surface area contributed by atoms with Crippen molar-refractivity contribution < 1.29 is 24.1 Å². The second-order valence-electron chi connectivity index (χ2n) is 9.61. The van der Waals surface area contributed by atoms with Crippen LogP contribution >= 0.6 is 0 Å². The van der Waals surface area contributed by atoms with Crippen molar-refractivity contribution in [3.05, 3.63) is 35.4 Å². The van der Waals surface area contributed by atoms with E-state index in [1.54, 1.807) is 7.11 Å². The molecule has 0 aliphatic carbocycles. The highest BCUT2D eigenvalue weighted by atomic mass is 16.7. The van der Waals surface area contributed by atoms with Gasteiger partial charge in [-0.25, -0.2) is 4.79 Å². The maximum absolute atomic E-state index is 12.5. The topological polar surface area (TPSA) is 77.0 Å². The number of nitrogens with one attached hydrogen (secondary N) is 1. The summed E-state index contributed by atoms with van der Waals surface area (Å²) in [4.78, 5) is 12.5. The number of unbranched alkanes of at least 4 members (excludes halogenated alkanes) is 5. The third-order valence-corrected chi connectivity index (χ3v) is 5.44. The van der Waals surface area contributed by atoms with Gasteiger partial charge in [0, 0.05) is 7.11 Å². The molecule has 0 aliphatic rings. The third-order valence-electron chi connectivity index (χ3n) is 5.44. The number of benzene rings is 1. The molecule has 32 heavy (non-hydrogen) atoms. The molecule has 0 spiro atoms. The number of alkyl carbamates (subject to hydrolysis) is 1. The molecule has 0 bridgehead atoms. The first-order chi connectivity index (χ1) is 15.2. The summed E-state index contributed by atoms with van der Waals surface area (Å²) >= 11 is 0. The lowest BCUT2D eigenvalue weighted by atomic mass is 9.90. The Morgan fingerprint density at radius 2 is 1.62 bits per heavy atom. The molecule has 6 nitrogen and oxygen atoms in total. The van der Waals surface area contributed by atoms with Crippen molar-refractivity contribution in [3.63, 3.8) is 0 Å². The lowest BCUT2D eigenvalue weighted by Gasteiger charge is -2.34. The van der Waals surface area contributed by atoms with Gasteiger partial charge in [0.2, 0.25) is 0 Å². The number of rotatable bonds is 16. The summed E-state index contributed by atoms with van der Waals surface area (Å²) in [6, 6.07) is 8.45. The zero-order chi connectivity index (χ0) is 23.9. The van der Waals surface area contributed by atoms with Crippen LogP contribution in [0.4, 0.5) is 4.79 Å². The highest BCUT2D eigenvalue weighted by molar-refractivity contribution is 5.68. The summed E-state index contributed by atoms with van der Waals surface area (Å²) in [7, 11) is 1.54. The molecule has 1 unspecified atom stereocenters. The predicted molar refractivity (Wildman–Crippen MR) is 129 cm³/mol. The lowest BCUT2D eigenvalue weighted by Crippen LogP contribution is -2.56. The Kier molecular flexibility index (Phi) is 13.5. The normalized spacial score (nSPS) is 13.6. The Bertz CT molecular complexity index is 643. The van der Waals surface area contributed by atoms with Crippen molar-refractivity contribution in [1.82, 2.24) is 5.32 Å². The zero-order valence-electron chi connectivity index (χ0n) is 20.9. The van der Waals surface area contributed by atoms with Crippen molar-refractivity contribution in [3.8, 4) is 0 Å². The minimum absolute atomic E-state index is 0.0896. The summed E-state index contributed by atoms with van der Waals surface area (Å²) < 4.78 is 16.0. The largest absolute Gasteiger partial charge is 0.444 e. The molecule has 0 saturated heterocycles. The SMILES string of the molecule is CCCCCCCCc1ccccc1CCC(CO)(COCOC)NC(=O)OC(C)(C)C. The van der Waals surface area contributed by atoms with Crippen LogP contribution in [0, 0.1) is 0 Å². The third kappa shape index (κ3) is 11.8. The van der Waals surface area contributed by atoms with E-state index in [4.69, 9.17) is 14.2 Å². The molecule has 0 aromatic heterocycles. The van der Waals surface area contributed by atoms with Crippen molar-refractivity contribution in [1.29, 1.82) is 0 Å². The van der Waals surface area contributed by atoms with Gasteiger partial charge in [-0.15, -0.1) is 0 Å². The fraction of sp³-hybridized carbons (Fsp3) is 0.731. The standard InChI is InChI=1S/C26H45NO5/c1-6-7-8-9-10-11-14-22-15-12-13-16-23(22)17-18-26(19-28,20-31-21-30-5)27-24(29)32-25(2,3)4/h12-13,15-16,28H,6-11,14,17-21H2,1-5H3,(H,27,29). The van der Waals surface area contributed by atoms with E-state index in [1.165, 1.54) is 49.7 Å². The van der Waals surface area contributed by atoms with Gasteiger partial charge < -0.3 is 24.6 Å². The first kappa shape index (κ1) is 28.4. The molecule has 1 rings (SSSR count). The maximum atomic E-state index is 12.5. The van der Waals surface area contributed by atoms with Crippen LogP contribution in [0.3, 0.4) is 0 Å². The highest BCUT2D eigenvalue weighted by Gasteiger charge is 2.33. The molecule has 1 aromatic carbocycles. The van der Waals surface area contributed by atoms with Gasteiger partial charge in [0.25, 0.3) is 0 Å². The number of aryl methyl sites for hydroxylation is 2. The van der Waals surface area contributed by atoms with E-state index in [1.807, 2.05) is 26.8 Å². The Hall–Kier alpha value is -1.63. The Morgan fingerprint density at radius 1 is 1.00 bits per heavy atom. The first-order valence-corrected chi connectivity index (χ1v) is 12.0. The summed E-state index contributed by atoms with van der Waals surface area (Å²) in [5, 5.41) is 13.1. The molecule has 1 aromatic rings. The second-order valence-corrected chi connectivity index (χ2v) is 9.61. The Morgan fingerprint density at radius 3 is 2.22 bits per heavy atom. The molecule has 2 N–H and O–H groups in total.